The van der Waals surface area contributed by atoms with Gasteiger partial charge in [-0.25, -0.2) is 0 Å². The molecule has 0 unspecified atom stereocenters. The van der Waals surface area contributed by atoms with Gasteiger partial charge in [0.15, 0.2) is 5.76 Å². The average molecular weight is 193 g/mol. The summed E-state index contributed by atoms with van der Waals surface area (Å²) in [5.74, 6) is 0.0460. The summed E-state index contributed by atoms with van der Waals surface area (Å²) >= 11 is 0. The molecule has 3 nitrogen and oxygen atoms in total. The first-order valence-corrected chi connectivity index (χ1v) is 3.81. The highest BCUT2D eigenvalue weighted by molar-refractivity contribution is 5.91. The molecule has 0 amide bonds. The molecule has 0 radical (unpaired) electrons. The Morgan fingerprint density at radius 1 is 1.54 bits per heavy atom. The minimum atomic E-state index is -2.86. The Morgan fingerprint density at radius 3 is 2.46 bits per heavy atom. The number of ether oxygens (including phenoxy) is 2. The number of alkyl halides is 2. The Hall–Kier alpha value is -1.13. The van der Waals surface area contributed by atoms with E-state index in [9.17, 15) is 8.78 Å². The van der Waals surface area contributed by atoms with Crippen LogP contribution in [0.2, 0.25) is 0 Å². The fourth-order valence-corrected chi connectivity index (χ4v) is 0.769. The third-order valence-corrected chi connectivity index (χ3v) is 1.21. The van der Waals surface area contributed by atoms with Crippen molar-refractivity contribution in [2.24, 2.45) is 4.99 Å². The Bertz CT molecular complexity index is 202. The SMILES string of the molecule is CC/C=C(/OC(F)F)C(=NC)OC. The van der Waals surface area contributed by atoms with Gasteiger partial charge in [-0.05, 0) is 12.5 Å². The maximum atomic E-state index is 11.9. The number of nitrogens with zero attached hydrogens (tertiary/aromatic N) is 1. The largest absolute Gasteiger partial charge is 0.479 e. The van der Waals surface area contributed by atoms with E-state index in [1.165, 1.54) is 20.2 Å². The molecule has 0 saturated carbocycles. The highest BCUT2D eigenvalue weighted by Gasteiger charge is 2.12. The van der Waals surface area contributed by atoms with Gasteiger partial charge in [-0.3, -0.25) is 4.99 Å². The Morgan fingerprint density at radius 2 is 2.15 bits per heavy atom. The summed E-state index contributed by atoms with van der Waals surface area (Å²) in [6.07, 6.45) is 2.06. The van der Waals surface area contributed by atoms with Gasteiger partial charge < -0.3 is 9.47 Å². The zero-order valence-electron chi connectivity index (χ0n) is 7.88. The van der Waals surface area contributed by atoms with E-state index < -0.39 is 6.61 Å². The first-order valence-electron chi connectivity index (χ1n) is 3.81. The zero-order chi connectivity index (χ0) is 10.3. The van der Waals surface area contributed by atoms with Crippen LogP contribution in [0.5, 0.6) is 0 Å². The lowest BCUT2D eigenvalue weighted by Crippen LogP contribution is -2.11. The molecule has 0 aromatic carbocycles. The number of methoxy groups -OCH3 is 1. The van der Waals surface area contributed by atoms with E-state index in [0.717, 1.165) is 0 Å². The van der Waals surface area contributed by atoms with Crippen molar-refractivity contribution in [3.05, 3.63) is 11.8 Å². The van der Waals surface area contributed by atoms with Crippen molar-refractivity contribution < 1.29 is 18.3 Å². The summed E-state index contributed by atoms with van der Waals surface area (Å²) in [5, 5.41) is 0. The van der Waals surface area contributed by atoms with Gasteiger partial charge in [0.1, 0.15) is 0 Å². The van der Waals surface area contributed by atoms with Crippen LogP contribution in [0.25, 0.3) is 0 Å². The minimum Gasteiger partial charge on any atom is -0.479 e. The molecule has 0 aromatic rings. The van der Waals surface area contributed by atoms with E-state index >= 15 is 0 Å². The maximum absolute atomic E-state index is 11.9. The van der Waals surface area contributed by atoms with Crippen molar-refractivity contribution in [1.29, 1.82) is 0 Å². The molecular weight excluding hydrogens is 180 g/mol. The second-order valence-electron chi connectivity index (χ2n) is 2.09. The van der Waals surface area contributed by atoms with Gasteiger partial charge >= 0.3 is 6.61 Å². The molecule has 0 aliphatic rings. The van der Waals surface area contributed by atoms with Gasteiger partial charge in [0.2, 0.25) is 0 Å². The molecular formula is C8H13F2NO2. The molecule has 0 saturated heterocycles. The van der Waals surface area contributed by atoms with Crippen LogP contribution in [0.15, 0.2) is 16.8 Å². The number of allylic oxidation sites excluding steroid dienone is 1. The van der Waals surface area contributed by atoms with E-state index in [-0.39, 0.29) is 11.7 Å². The summed E-state index contributed by atoms with van der Waals surface area (Å²) in [5.41, 5.74) is 0. The molecule has 13 heavy (non-hydrogen) atoms. The standard InChI is InChI=1S/C8H13F2NO2/c1-4-5-6(13-8(9)10)7(11-2)12-3/h5,8H,4H2,1-3H3/b6-5+,11-7?. The van der Waals surface area contributed by atoms with Gasteiger partial charge in [-0.2, -0.15) is 8.78 Å². The molecule has 5 heteroatoms. The zero-order valence-corrected chi connectivity index (χ0v) is 7.88. The van der Waals surface area contributed by atoms with Crippen molar-refractivity contribution in [2.75, 3.05) is 14.2 Å². The second-order valence-corrected chi connectivity index (χ2v) is 2.09. The molecule has 0 rings (SSSR count). The average Bonchev–Trinajstić information content (AvgIpc) is 2.05. The number of halogens is 2. The van der Waals surface area contributed by atoms with E-state index in [2.05, 4.69) is 9.73 Å². The smallest absolute Gasteiger partial charge is 0.387 e. The number of hydrogen-bond acceptors (Lipinski definition) is 3. The van der Waals surface area contributed by atoms with Crippen LogP contribution in [-0.4, -0.2) is 26.7 Å². The molecule has 0 heterocycles. The van der Waals surface area contributed by atoms with E-state index in [4.69, 9.17) is 4.74 Å². The van der Waals surface area contributed by atoms with E-state index in [1.807, 2.05) is 0 Å². The lowest BCUT2D eigenvalue weighted by atomic mass is 10.3. The van der Waals surface area contributed by atoms with Gasteiger partial charge in [0.05, 0.1) is 7.11 Å². The van der Waals surface area contributed by atoms with Gasteiger partial charge in [-0.15, -0.1) is 0 Å². The molecule has 0 aliphatic heterocycles. The maximum Gasteiger partial charge on any atom is 0.387 e. The summed E-state index contributed by atoms with van der Waals surface area (Å²) in [7, 11) is 2.79. The molecule has 0 atom stereocenters. The highest BCUT2D eigenvalue weighted by Crippen LogP contribution is 2.09. The quantitative estimate of drug-likeness (QED) is 0.389. The number of rotatable bonds is 4. The van der Waals surface area contributed by atoms with Crippen LogP contribution >= 0.6 is 0 Å². The monoisotopic (exact) mass is 193 g/mol. The highest BCUT2D eigenvalue weighted by atomic mass is 19.3. The van der Waals surface area contributed by atoms with E-state index in [0.29, 0.717) is 6.42 Å². The van der Waals surface area contributed by atoms with Crippen molar-refractivity contribution in [2.45, 2.75) is 20.0 Å². The second kappa shape index (κ2) is 6.39. The molecule has 0 aromatic heterocycles. The number of aliphatic imine (C=N–C) groups is 1. The Balaban J connectivity index is 4.50. The summed E-state index contributed by atoms with van der Waals surface area (Å²) in [4.78, 5) is 3.65. The lowest BCUT2D eigenvalue weighted by molar-refractivity contribution is -0.0917. The lowest BCUT2D eigenvalue weighted by Gasteiger charge is -2.09. The van der Waals surface area contributed by atoms with Gasteiger partial charge in [0.25, 0.3) is 5.90 Å². The van der Waals surface area contributed by atoms with Crippen LogP contribution in [0.1, 0.15) is 13.3 Å². The van der Waals surface area contributed by atoms with Crippen LogP contribution in [0.4, 0.5) is 8.78 Å². The molecule has 0 aliphatic carbocycles. The minimum absolute atomic E-state index is 0.0255. The Kier molecular flexibility index (Phi) is 5.84. The summed E-state index contributed by atoms with van der Waals surface area (Å²) in [6.45, 7) is -1.05. The fraction of sp³-hybridized carbons (Fsp3) is 0.625. The van der Waals surface area contributed by atoms with Gasteiger partial charge in [0, 0.05) is 7.05 Å². The topological polar surface area (TPSA) is 30.8 Å². The molecule has 0 N–H and O–H groups in total. The summed E-state index contributed by atoms with van der Waals surface area (Å²) in [6, 6.07) is 0. The first-order chi connectivity index (χ1) is 6.15. The van der Waals surface area contributed by atoms with E-state index in [1.54, 1.807) is 6.92 Å². The van der Waals surface area contributed by atoms with Crippen LogP contribution in [-0.2, 0) is 9.47 Å². The normalized spacial score (nSPS) is 13.4. The third-order valence-electron chi connectivity index (χ3n) is 1.21. The first kappa shape index (κ1) is 11.9. The molecule has 0 spiro atoms. The third kappa shape index (κ3) is 4.45. The summed E-state index contributed by atoms with van der Waals surface area (Å²) < 4.78 is 32.7. The fourth-order valence-electron chi connectivity index (χ4n) is 0.769. The van der Waals surface area contributed by atoms with Crippen molar-refractivity contribution in [3.63, 3.8) is 0 Å². The van der Waals surface area contributed by atoms with Crippen molar-refractivity contribution in [3.8, 4) is 0 Å². The predicted molar refractivity (Wildman–Crippen MR) is 45.8 cm³/mol. The Labute approximate surface area is 76.1 Å². The van der Waals surface area contributed by atoms with Crippen LogP contribution in [0, 0.1) is 0 Å². The predicted octanol–water partition coefficient (Wildman–Crippen LogP) is 2.19. The molecule has 76 valence electrons. The van der Waals surface area contributed by atoms with Gasteiger partial charge in [-0.1, -0.05) is 6.92 Å². The molecule has 0 bridgehead atoms. The number of hydrogen-bond donors (Lipinski definition) is 0. The van der Waals surface area contributed by atoms with Crippen molar-refractivity contribution in [1.82, 2.24) is 0 Å². The van der Waals surface area contributed by atoms with Crippen LogP contribution in [0.3, 0.4) is 0 Å². The van der Waals surface area contributed by atoms with Crippen molar-refractivity contribution >= 4 is 5.90 Å². The van der Waals surface area contributed by atoms with Crippen LogP contribution < -0.4 is 0 Å². The molecule has 0 fully saturated rings.